The quantitative estimate of drug-likeness (QED) is 0.696. The zero-order valence-corrected chi connectivity index (χ0v) is 15.5. The summed E-state index contributed by atoms with van der Waals surface area (Å²) in [7, 11) is 0. The van der Waals surface area contributed by atoms with Crippen molar-refractivity contribution in [2.45, 2.75) is 12.8 Å². The van der Waals surface area contributed by atoms with Crippen LogP contribution in [0.4, 0.5) is 14.6 Å². The van der Waals surface area contributed by atoms with Gasteiger partial charge in [0.25, 0.3) is 0 Å². The zero-order valence-electron chi connectivity index (χ0n) is 14.7. The second-order valence-corrected chi connectivity index (χ2v) is 7.18. The molecular formula is C20H16ClF2N3O2. The third-order valence-corrected chi connectivity index (χ3v) is 5.31. The van der Waals surface area contributed by atoms with Crippen molar-refractivity contribution in [1.29, 1.82) is 0 Å². The van der Waals surface area contributed by atoms with Crippen molar-refractivity contribution in [1.82, 2.24) is 9.97 Å². The summed E-state index contributed by atoms with van der Waals surface area (Å²) in [6.45, 7) is 0.887. The van der Waals surface area contributed by atoms with Gasteiger partial charge in [0, 0.05) is 13.1 Å². The van der Waals surface area contributed by atoms with Gasteiger partial charge in [0.05, 0.1) is 16.3 Å². The molecule has 1 aliphatic heterocycles. The Balaban J connectivity index is 1.91. The molecule has 0 radical (unpaired) electrons. The van der Waals surface area contributed by atoms with Crippen molar-refractivity contribution in [2.24, 2.45) is 5.92 Å². The van der Waals surface area contributed by atoms with Gasteiger partial charge in [0.2, 0.25) is 0 Å². The Morgan fingerprint density at radius 1 is 1.18 bits per heavy atom. The molecule has 0 saturated carbocycles. The Labute approximate surface area is 164 Å². The summed E-state index contributed by atoms with van der Waals surface area (Å²) in [5, 5.41) is 9.79. The Kier molecular flexibility index (Phi) is 4.85. The molecule has 0 bridgehead atoms. The van der Waals surface area contributed by atoms with E-state index < -0.39 is 23.5 Å². The molecule has 1 atom stereocenters. The first-order valence-corrected chi connectivity index (χ1v) is 9.20. The molecule has 1 saturated heterocycles. The molecule has 0 spiro atoms. The molecule has 1 fully saturated rings. The lowest BCUT2D eigenvalue weighted by atomic mass is 9.96. The monoisotopic (exact) mass is 403 g/mol. The van der Waals surface area contributed by atoms with Crippen LogP contribution < -0.4 is 4.90 Å². The van der Waals surface area contributed by atoms with Crippen molar-refractivity contribution in [3.05, 3.63) is 53.3 Å². The van der Waals surface area contributed by atoms with Gasteiger partial charge in [-0.3, -0.25) is 4.79 Å². The standard InChI is InChI=1S/C20H16ClF2N3O2/c21-14-8-11(3-5-15(14)22)13-4-6-16(23)18-17(13)19(25-10-24-18)26-7-1-2-12(9-26)20(27)28/h3-6,8,10,12H,1-2,7,9H2,(H,27,28). The van der Waals surface area contributed by atoms with Gasteiger partial charge in [-0.25, -0.2) is 18.7 Å². The minimum absolute atomic E-state index is 0.0442. The number of benzene rings is 2. The Bertz CT molecular complexity index is 1080. The minimum atomic E-state index is -0.861. The zero-order chi connectivity index (χ0) is 19.8. The molecule has 28 heavy (non-hydrogen) atoms. The van der Waals surface area contributed by atoms with Gasteiger partial charge in [-0.15, -0.1) is 0 Å². The highest BCUT2D eigenvalue weighted by Crippen LogP contribution is 2.37. The molecule has 4 rings (SSSR count). The molecule has 2 aromatic carbocycles. The van der Waals surface area contributed by atoms with Crippen molar-refractivity contribution >= 4 is 34.3 Å². The molecule has 1 unspecified atom stereocenters. The fourth-order valence-corrected chi connectivity index (χ4v) is 3.82. The van der Waals surface area contributed by atoms with Crippen LogP contribution in [0.3, 0.4) is 0 Å². The molecule has 0 amide bonds. The summed E-state index contributed by atoms with van der Waals surface area (Å²) < 4.78 is 28.1. The lowest BCUT2D eigenvalue weighted by Crippen LogP contribution is -2.39. The van der Waals surface area contributed by atoms with E-state index in [9.17, 15) is 18.7 Å². The van der Waals surface area contributed by atoms with Crippen LogP contribution in [-0.2, 0) is 4.79 Å². The number of aromatic nitrogens is 2. The maximum atomic E-state index is 14.5. The van der Waals surface area contributed by atoms with Crippen molar-refractivity contribution in [3.8, 4) is 11.1 Å². The largest absolute Gasteiger partial charge is 0.481 e. The summed E-state index contributed by atoms with van der Waals surface area (Å²) in [6, 6.07) is 7.14. The second kappa shape index (κ2) is 7.31. The number of carbonyl (C=O) groups is 1. The van der Waals surface area contributed by atoms with E-state index in [1.165, 1.54) is 24.5 Å². The van der Waals surface area contributed by atoms with Crippen LogP contribution >= 0.6 is 11.6 Å². The van der Waals surface area contributed by atoms with Gasteiger partial charge in [-0.1, -0.05) is 23.7 Å². The number of halogens is 3. The van der Waals surface area contributed by atoms with Crippen molar-refractivity contribution in [2.75, 3.05) is 18.0 Å². The molecule has 1 aromatic heterocycles. The van der Waals surface area contributed by atoms with Crippen molar-refractivity contribution in [3.63, 3.8) is 0 Å². The van der Waals surface area contributed by atoms with Gasteiger partial charge in [0.1, 0.15) is 29.3 Å². The van der Waals surface area contributed by atoms with E-state index in [0.29, 0.717) is 41.7 Å². The molecule has 0 aliphatic carbocycles. The first kappa shape index (κ1) is 18.6. The first-order valence-electron chi connectivity index (χ1n) is 8.82. The predicted octanol–water partition coefficient (Wildman–Crippen LogP) is 4.53. The van der Waals surface area contributed by atoms with Gasteiger partial charge >= 0.3 is 5.97 Å². The molecule has 8 heteroatoms. The molecule has 2 heterocycles. The summed E-state index contributed by atoms with van der Waals surface area (Å²) in [5.41, 5.74) is 1.32. The van der Waals surface area contributed by atoms with Crippen LogP contribution in [0.1, 0.15) is 12.8 Å². The number of rotatable bonds is 3. The minimum Gasteiger partial charge on any atom is -0.481 e. The number of hydrogen-bond acceptors (Lipinski definition) is 4. The number of piperidine rings is 1. The highest BCUT2D eigenvalue weighted by molar-refractivity contribution is 6.31. The molecule has 144 valence electrons. The van der Waals surface area contributed by atoms with E-state index in [0.717, 1.165) is 0 Å². The number of fused-ring (bicyclic) bond motifs is 1. The SMILES string of the molecule is O=C(O)C1CCCN(c2ncnc3c(F)ccc(-c4ccc(F)c(Cl)c4)c23)C1. The van der Waals surface area contributed by atoms with Crippen LogP contribution in [0.25, 0.3) is 22.0 Å². The molecule has 1 aliphatic rings. The van der Waals surface area contributed by atoms with Crippen molar-refractivity contribution < 1.29 is 18.7 Å². The topological polar surface area (TPSA) is 66.3 Å². The average molecular weight is 404 g/mol. The van der Waals surface area contributed by atoms with Crippen LogP contribution in [-0.4, -0.2) is 34.1 Å². The van der Waals surface area contributed by atoms with E-state index in [4.69, 9.17) is 11.6 Å². The summed E-state index contributed by atoms with van der Waals surface area (Å²) in [4.78, 5) is 21.7. The maximum absolute atomic E-state index is 14.5. The van der Waals surface area contributed by atoms with Crippen LogP contribution in [0.2, 0.25) is 5.02 Å². The van der Waals surface area contributed by atoms with E-state index in [1.54, 1.807) is 12.1 Å². The molecule has 5 nitrogen and oxygen atoms in total. The number of anilines is 1. The van der Waals surface area contributed by atoms with Crippen LogP contribution in [0, 0.1) is 17.6 Å². The number of hydrogen-bond donors (Lipinski definition) is 1. The summed E-state index contributed by atoms with van der Waals surface area (Å²) in [6.07, 6.45) is 2.55. The molecule has 3 aromatic rings. The normalized spacial score (nSPS) is 17.1. The lowest BCUT2D eigenvalue weighted by molar-refractivity contribution is -0.141. The highest BCUT2D eigenvalue weighted by atomic mass is 35.5. The number of carboxylic acid groups (broad SMARTS) is 1. The fraction of sp³-hybridized carbons (Fsp3) is 0.250. The maximum Gasteiger partial charge on any atom is 0.308 e. The molecule has 1 N–H and O–H groups in total. The smallest absolute Gasteiger partial charge is 0.308 e. The average Bonchev–Trinajstić information content (AvgIpc) is 2.70. The summed E-state index contributed by atoms with van der Waals surface area (Å²) in [5.74, 6) is -1.97. The Morgan fingerprint density at radius 2 is 1.96 bits per heavy atom. The first-order chi connectivity index (χ1) is 13.5. The van der Waals surface area contributed by atoms with E-state index in [2.05, 4.69) is 9.97 Å². The lowest BCUT2D eigenvalue weighted by Gasteiger charge is -2.32. The van der Waals surface area contributed by atoms with E-state index >= 15 is 0 Å². The van der Waals surface area contributed by atoms with Gasteiger partial charge in [-0.05, 0) is 42.2 Å². The second-order valence-electron chi connectivity index (χ2n) is 6.77. The van der Waals surface area contributed by atoms with Crippen LogP contribution in [0.15, 0.2) is 36.7 Å². The van der Waals surface area contributed by atoms with E-state index in [1.807, 2.05) is 4.90 Å². The van der Waals surface area contributed by atoms with Gasteiger partial charge < -0.3 is 10.0 Å². The fourth-order valence-electron chi connectivity index (χ4n) is 3.64. The number of aliphatic carboxylic acids is 1. The van der Waals surface area contributed by atoms with Gasteiger partial charge in [0.15, 0.2) is 0 Å². The van der Waals surface area contributed by atoms with Crippen LogP contribution in [0.5, 0.6) is 0 Å². The molecular weight excluding hydrogens is 388 g/mol. The van der Waals surface area contributed by atoms with E-state index in [-0.39, 0.29) is 17.1 Å². The predicted molar refractivity (Wildman–Crippen MR) is 102 cm³/mol. The Hall–Kier alpha value is -2.80. The Morgan fingerprint density at radius 3 is 2.71 bits per heavy atom. The number of carboxylic acids is 1. The highest BCUT2D eigenvalue weighted by Gasteiger charge is 2.28. The van der Waals surface area contributed by atoms with Gasteiger partial charge in [-0.2, -0.15) is 0 Å². The number of nitrogens with zero attached hydrogens (tertiary/aromatic N) is 3. The third-order valence-electron chi connectivity index (χ3n) is 5.02. The summed E-state index contributed by atoms with van der Waals surface area (Å²) >= 11 is 5.93. The third kappa shape index (κ3) is 3.26.